The maximum atomic E-state index is 14.1. The van der Waals surface area contributed by atoms with Crippen molar-refractivity contribution in [3.8, 4) is 17.6 Å². The maximum Gasteiger partial charge on any atom is 0.202 e. The van der Waals surface area contributed by atoms with Crippen molar-refractivity contribution in [2.24, 2.45) is 11.8 Å². The number of halogens is 1. The molecule has 8 nitrogen and oxygen atoms in total. The molecule has 0 bridgehead atoms. The molecule has 1 fully saturated rings. The fraction of sp³-hybridized carbons (Fsp3) is 0.300. The van der Waals surface area contributed by atoms with Gasteiger partial charge in [0, 0.05) is 17.1 Å². The molecule has 2 aromatic rings. The Morgan fingerprint density at radius 2 is 1.72 bits per heavy atom. The molecule has 200 valence electrons. The summed E-state index contributed by atoms with van der Waals surface area (Å²) in [6, 6.07) is 7.70. The summed E-state index contributed by atoms with van der Waals surface area (Å²) in [5.74, 6) is -1.15. The normalized spacial score (nSPS) is 26.1. The number of hydrogen-bond donors (Lipinski definition) is 4. The van der Waals surface area contributed by atoms with Crippen LogP contribution in [0.3, 0.4) is 0 Å². The highest BCUT2D eigenvalue weighted by Crippen LogP contribution is 2.52. The SMILES string of the molecule is CC(=O)C1=C(O)[C@@]2(O)C(=O)C3=C(O)c4c(O)ccc(C#Cc5ccccc5F)c4C[C@H]3C[C@H]2[C@H](N(C)C)C1=O. The Labute approximate surface area is 223 Å². The summed E-state index contributed by atoms with van der Waals surface area (Å²) in [6.07, 6.45) is 0.113. The van der Waals surface area contributed by atoms with E-state index >= 15 is 0 Å². The number of carbonyl (C=O) groups excluding carboxylic acids is 3. The van der Waals surface area contributed by atoms with Gasteiger partial charge in [0.15, 0.2) is 17.2 Å². The average Bonchev–Trinajstić information content (AvgIpc) is 2.86. The molecule has 0 aromatic heterocycles. The van der Waals surface area contributed by atoms with Gasteiger partial charge in [-0.2, -0.15) is 0 Å². The predicted octanol–water partition coefficient (Wildman–Crippen LogP) is 2.61. The van der Waals surface area contributed by atoms with Gasteiger partial charge in [-0.25, -0.2) is 4.39 Å². The number of phenolic OH excluding ortho intramolecular Hbond substituents is 1. The largest absolute Gasteiger partial charge is 0.508 e. The van der Waals surface area contributed by atoms with Crippen LogP contribution in [0.1, 0.15) is 35.6 Å². The van der Waals surface area contributed by atoms with Crippen LogP contribution >= 0.6 is 0 Å². The average molecular weight is 532 g/mol. The summed E-state index contributed by atoms with van der Waals surface area (Å²) in [7, 11) is 3.14. The Kier molecular flexibility index (Phi) is 6.21. The molecule has 9 heteroatoms. The Morgan fingerprint density at radius 1 is 1.05 bits per heavy atom. The summed E-state index contributed by atoms with van der Waals surface area (Å²) < 4.78 is 14.1. The number of fused-ring (bicyclic) bond motifs is 3. The molecule has 3 aliphatic rings. The van der Waals surface area contributed by atoms with E-state index in [1.54, 1.807) is 20.2 Å². The Hall–Kier alpha value is -4.26. The van der Waals surface area contributed by atoms with Gasteiger partial charge in [-0.3, -0.25) is 19.3 Å². The first-order chi connectivity index (χ1) is 18.4. The molecule has 4 N–H and O–H groups in total. The van der Waals surface area contributed by atoms with E-state index in [1.807, 2.05) is 0 Å². The number of hydrogen-bond acceptors (Lipinski definition) is 8. The van der Waals surface area contributed by atoms with Crippen LogP contribution < -0.4 is 0 Å². The minimum atomic E-state index is -2.63. The van der Waals surface area contributed by atoms with Gasteiger partial charge in [0.1, 0.15) is 28.7 Å². The number of Topliss-reactive ketones (excluding diaryl/α,β-unsaturated/α-hetero) is 3. The lowest BCUT2D eigenvalue weighted by Gasteiger charge is -2.50. The molecular formula is C30H26FNO7. The van der Waals surface area contributed by atoms with Gasteiger partial charge in [-0.05, 0) is 69.6 Å². The lowest BCUT2D eigenvalue weighted by Crippen LogP contribution is -2.65. The third-order valence-corrected chi connectivity index (χ3v) is 7.92. The van der Waals surface area contributed by atoms with E-state index in [0.29, 0.717) is 11.1 Å². The zero-order chi connectivity index (χ0) is 28.4. The highest BCUT2D eigenvalue weighted by molar-refractivity contribution is 6.25. The summed E-state index contributed by atoms with van der Waals surface area (Å²) in [5.41, 5.74) is -2.55. The fourth-order valence-electron chi connectivity index (χ4n) is 6.16. The number of rotatable bonds is 2. The molecule has 0 unspecified atom stereocenters. The van der Waals surface area contributed by atoms with Crippen molar-refractivity contribution in [3.63, 3.8) is 0 Å². The lowest BCUT2D eigenvalue weighted by atomic mass is 9.57. The molecule has 0 saturated heterocycles. The highest BCUT2D eigenvalue weighted by Gasteiger charge is 2.64. The molecule has 1 saturated carbocycles. The molecule has 2 aromatic carbocycles. The number of benzene rings is 2. The first kappa shape index (κ1) is 26.4. The van der Waals surface area contributed by atoms with Crippen molar-refractivity contribution in [2.45, 2.75) is 31.4 Å². The van der Waals surface area contributed by atoms with Gasteiger partial charge in [-0.1, -0.05) is 24.0 Å². The quantitative estimate of drug-likeness (QED) is 0.343. The summed E-state index contributed by atoms with van der Waals surface area (Å²) >= 11 is 0. The third-order valence-electron chi connectivity index (χ3n) is 7.92. The van der Waals surface area contributed by atoms with Crippen LogP contribution in [-0.2, 0) is 20.8 Å². The summed E-state index contributed by atoms with van der Waals surface area (Å²) in [4.78, 5) is 40.9. The van der Waals surface area contributed by atoms with E-state index in [1.165, 1.54) is 35.2 Å². The Bertz CT molecular complexity index is 1590. The Balaban J connectivity index is 1.69. The number of ketones is 3. The summed E-state index contributed by atoms with van der Waals surface area (Å²) in [5, 5.41) is 44.6. The van der Waals surface area contributed by atoms with E-state index in [4.69, 9.17) is 0 Å². The molecule has 4 atom stereocenters. The van der Waals surface area contributed by atoms with Crippen LogP contribution in [0.4, 0.5) is 4.39 Å². The first-order valence-electron chi connectivity index (χ1n) is 12.4. The standard InChI is InChI=1S/C30H26FNO7/c1-14(33)22-27(36)25(32(2)3)19-13-17-12-18-15(8-9-16-6-4-5-7-20(16)31)10-11-21(34)24(18)26(35)23(17)29(38)30(19,39)28(22)37/h4-7,10-11,17,19,25,34-35,37,39H,12-13H2,1-3H3/t17-,19-,25-,30+/m0/s1. The van der Waals surface area contributed by atoms with Crippen LogP contribution in [0.25, 0.3) is 5.76 Å². The van der Waals surface area contributed by atoms with Crippen LogP contribution in [0.2, 0.25) is 0 Å². The minimum Gasteiger partial charge on any atom is -0.508 e. The topological polar surface area (TPSA) is 135 Å². The monoisotopic (exact) mass is 531 g/mol. The molecule has 3 aliphatic carbocycles. The highest BCUT2D eigenvalue weighted by atomic mass is 19.1. The number of aliphatic hydroxyl groups is 3. The van der Waals surface area contributed by atoms with E-state index < -0.39 is 63.7 Å². The number of nitrogens with zero attached hydrogens (tertiary/aromatic N) is 1. The molecule has 39 heavy (non-hydrogen) atoms. The molecule has 0 radical (unpaired) electrons. The summed E-state index contributed by atoms with van der Waals surface area (Å²) in [6.45, 7) is 1.06. The van der Waals surface area contributed by atoms with E-state index in [2.05, 4.69) is 11.8 Å². The van der Waals surface area contributed by atoms with Gasteiger partial charge in [0.05, 0.1) is 17.2 Å². The molecule has 0 spiro atoms. The van der Waals surface area contributed by atoms with E-state index in [9.17, 15) is 39.2 Å². The second kappa shape index (κ2) is 9.19. The number of phenols is 1. The van der Waals surface area contributed by atoms with Gasteiger partial charge < -0.3 is 20.4 Å². The second-order valence-corrected chi connectivity index (χ2v) is 10.4. The van der Waals surface area contributed by atoms with Crippen molar-refractivity contribution in [1.82, 2.24) is 4.90 Å². The fourth-order valence-corrected chi connectivity index (χ4v) is 6.16. The Morgan fingerprint density at radius 3 is 2.36 bits per heavy atom. The predicted molar refractivity (Wildman–Crippen MR) is 138 cm³/mol. The first-order valence-corrected chi connectivity index (χ1v) is 12.4. The number of aliphatic hydroxyl groups excluding tert-OH is 2. The number of likely N-dealkylation sites (N-methyl/N-ethyl adjacent to an activating group) is 1. The smallest absolute Gasteiger partial charge is 0.202 e. The van der Waals surface area contributed by atoms with E-state index in [-0.39, 0.29) is 35.3 Å². The van der Waals surface area contributed by atoms with Gasteiger partial charge in [0.2, 0.25) is 5.78 Å². The zero-order valence-corrected chi connectivity index (χ0v) is 21.4. The zero-order valence-electron chi connectivity index (χ0n) is 21.4. The second-order valence-electron chi connectivity index (χ2n) is 10.4. The van der Waals surface area contributed by atoms with Crippen molar-refractivity contribution < 1.29 is 39.2 Å². The van der Waals surface area contributed by atoms with Crippen molar-refractivity contribution in [3.05, 3.63) is 81.4 Å². The molecule has 5 rings (SSSR count). The molecular weight excluding hydrogens is 505 g/mol. The van der Waals surface area contributed by atoms with Crippen LogP contribution in [-0.4, -0.2) is 68.4 Å². The van der Waals surface area contributed by atoms with E-state index in [0.717, 1.165) is 6.92 Å². The maximum absolute atomic E-state index is 14.1. The molecule has 0 amide bonds. The van der Waals surface area contributed by atoms with Crippen LogP contribution in [0.15, 0.2) is 53.3 Å². The van der Waals surface area contributed by atoms with Gasteiger partial charge in [0.25, 0.3) is 0 Å². The third kappa shape index (κ3) is 3.79. The number of aromatic hydroxyl groups is 1. The van der Waals surface area contributed by atoms with Crippen molar-refractivity contribution >= 4 is 23.1 Å². The minimum absolute atomic E-state index is 0.000737. The van der Waals surface area contributed by atoms with Gasteiger partial charge in [-0.15, -0.1) is 0 Å². The lowest BCUT2D eigenvalue weighted by molar-refractivity contribution is -0.153. The molecule has 0 heterocycles. The molecule has 0 aliphatic heterocycles. The van der Waals surface area contributed by atoms with Crippen molar-refractivity contribution in [2.75, 3.05) is 14.1 Å². The van der Waals surface area contributed by atoms with Gasteiger partial charge >= 0.3 is 0 Å². The van der Waals surface area contributed by atoms with Crippen molar-refractivity contribution in [1.29, 1.82) is 0 Å². The van der Waals surface area contributed by atoms with Crippen LogP contribution in [0.5, 0.6) is 5.75 Å². The number of carbonyl (C=O) groups is 3. The van der Waals surface area contributed by atoms with Crippen LogP contribution in [0, 0.1) is 29.5 Å².